The molecular weight excluding hydrogens is 306 g/mol. The zero-order valence-electron chi connectivity index (χ0n) is 11.2. The van der Waals surface area contributed by atoms with Crippen molar-refractivity contribution in [3.05, 3.63) is 28.2 Å². The van der Waals surface area contributed by atoms with Gasteiger partial charge in [-0.15, -0.1) is 0 Å². The summed E-state index contributed by atoms with van der Waals surface area (Å²) in [6, 6.07) is 5.97. The molecule has 2 N–H and O–H groups in total. The number of likely N-dealkylation sites (tertiary alicyclic amines) is 1. The zero-order valence-corrected chi connectivity index (χ0v) is 12.8. The Morgan fingerprint density at radius 2 is 2.11 bits per heavy atom. The van der Waals surface area contributed by atoms with Gasteiger partial charge in [0.1, 0.15) is 5.75 Å². The van der Waals surface area contributed by atoms with Crippen molar-refractivity contribution in [2.45, 2.75) is 25.8 Å². The Hall–Kier alpha value is -1.23. The second kappa shape index (κ2) is 6.80. The minimum Gasteiger partial charge on any atom is -0.496 e. The van der Waals surface area contributed by atoms with Gasteiger partial charge in [-0.2, -0.15) is 0 Å². The van der Waals surface area contributed by atoms with Crippen molar-refractivity contribution in [3.8, 4) is 5.75 Å². The van der Waals surface area contributed by atoms with E-state index >= 15 is 0 Å². The molecule has 1 aromatic rings. The van der Waals surface area contributed by atoms with Gasteiger partial charge in [0.25, 0.3) is 0 Å². The summed E-state index contributed by atoms with van der Waals surface area (Å²) in [5.41, 5.74) is 7.15. The van der Waals surface area contributed by atoms with Crippen molar-refractivity contribution in [3.63, 3.8) is 0 Å². The molecule has 0 unspecified atom stereocenters. The number of rotatable bonds is 3. The Kier molecular flexibility index (Phi) is 5.07. The standard InChI is InChI=1S/C14H20BrN3O/c1-19-13-6-5-11(9-12(13)15)10-17-14(16)18-7-3-2-4-8-18/h5-6,9H,2-4,7-8,10H2,1H3,(H2,16,17). The number of guanidine groups is 1. The number of hydrogen-bond acceptors (Lipinski definition) is 2. The maximum Gasteiger partial charge on any atom is 0.191 e. The molecule has 0 amide bonds. The van der Waals surface area contributed by atoms with Crippen LogP contribution in [0.2, 0.25) is 0 Å². The number of piperidine rings is 1. The molecule has 5 heteroatoms. The number of benzene rings is 1. The number of methoxy groups -OCH3 is 1. The quantitative estimate of drug-likeness (QED) is 0.686. The second-order valence-corrected chi connectivity index (χ2v) is 5.55. The van der Waals surface area contributed by atoms with Crippen LogP contribution >= 0.6 is 15.9 Å². The van der Waals surface area contributed by atoms with E-state index in [9.17, 15) is 0 Å². The third kappa shape index (κ3) is 3.86. The largest absolute Gasteiger partial charge is 0.496 e. The van der Waals surface area contributed by atoms with Gasteiger partial charge < -0.3 is 15.4 Å². The highest BCUT2D eigenvalue weighted by molar-refractivity contribution is 9.10. The first-order valence-corrected chi connectivity index (χ1v) is 7.37. The van der Waals surface area contributed by atoms with E-state index in [1.54, 1.807) is 7.11 Å². The second-order valence-electron chi connectivity index (χ2n) is 4.69. The van der Waals surface area contributed by atoms with E-state index in [0.29, 0.717) is 12.5 Å². The first-order valence-electron chi connectivity index (χ1n) is 6.58. The zero-order chi connectivity index (χ0) is 13.7. The molecule has 1 fully saturated rings. The smallest absolute Gasteiger partial charge is 0.191 e. The van der Waals surface area contributed by atoms with E-state index < -0.39 is 0 Å². The monoisotopic (exact) mass is 325 g/mol. The Balaban J connectivity index is 1.98. The molecule has 1 heterocycles. The molecule has 0 aromatic heterocycles. The number of nitrogens with two attached hydrogens (primary N) is 1. The summed E-state index contributed by atoms with van der Waals surface area (Å²) in [5.74, 6) is 1.49. The Morgan fingerprint density at radius 3 is 2.74 bits per heavy atom. The van der Waals surface area contributed by atoms with E-state index in [-0.39, 0.29) is 0 Å². The third-order valence-electron chi connectivity index (χ3n) is 3.32. The van der Waals surface area contributed by atoms with Crippen molar-refractivity contribution >= 4 is 21.9 Å². The van der Waals surface area contributed by atoms with Crippen LogP contribution in [0, 0.1) is 0 Å². The third-order valence-corrected chi connectivity index (χ3v) is 3.94. The van der Waals surface area contributed by atoms with Gasteiger partial charge in [0, 0.05) is 13.1 Å². The molecule has 0 bridgehead atoms. The summed E-state index contributed by atoms with van der Waals surface area (Å²) in [7, 11) is 1.66. The Bertz CT molecular complexity index is 456. The van der Waals surface area contributed by atoms with Crippen LogP contribution in [0.15, 0.2) is 27.7 Å². The van der Waals surface area contributed by atoms with Crippen LogP contribution in [0.4, 0.5) is 0 Å². The maximum atomic E-state index is 6.03. The number of nitrogens with zero attached hydrogens (tertiary/aromatic N) is 2. The molecule has 4 nitrogen and oxygen atoms in total. The van der Waals surface area contributed by atoms with Crippen molar-refractivity contribution in [2.24, 2.45) is 10.7 Å². The lowest BCUT2D eigenvalue weighted by molar-refractivity contribution is 0.338. The fraction of sp³-hybridized carbons (Fsp3) is 0.500. The SMILES string of the molecule is COc1ccc(CN=C(N)N2CCCCC2)cc1Br. The maximum absolute atomic E-state index is 6.03. The minimum atomic E-state index is 0.602. The molecule has 0 saturated carbocycles. The molecule has 0 atom stereocenters. The summed E-state index contributed by atoms with van der Waals surface area (Å²) < 4.78 is 6.15. The fourth-order valence-corrected chi connectivity index (χ4v) is 2.79. The molecule has 1 aliphatic heterocycles. The van der Waals surface area contributed by atoms with Crippen molar-refractivity contribution < 1.29 is 4.74 Å². The average Bonchev–Trinajstić information content (AvgIpc) is 2.46. The van der Waals surface area contributed by atoms with Gasteiger partial charge in [-0.3, -0.25) is 0 Å². The van der Waals surface area contributed by atoms with Crippen LogP contribution in [0.5, 0.6) is 5.75 Å². The summed E-state index contributed by atoms with van der Waals surface area (Å²) >= 11 is 3.48. The van der Waals surface area contributed by atoms with E-state index in [4.69, 9.17) is 10.5 Å². The van der Waals surface area contributed by atoms with Gasteiger partial charge >= 0.3 is 0 Å². The lowest BCUT2D eigenvalue weighted by Crippen LogP contribution is -2.40. The van der Waals surface area contributed by atoms with Gasteiger partial charge in [-0.05, 0) is 52.9 Å². The molecule has 0 aliphatic carbocycles. The molecule has 0 spiro atoms. The average molecular weight is 326 g/mol. The predicted octanol–water partition coefficient (Wildman–Crippen LogP) is 2.76. The lowest BCUT2D eigenvalue weighted by atomic mass is 10.1. The van der Waals surface area contributed by atoms with Crippen LogP contribution in [0.1, 0.15) is 24.8 Å². The highest BCUT2D eigenvalue weighted by Gasteiger charge is 2.11. The fourth-order valence-electron chi connectivity index (χ4n) is 2.20. The molecule has 19 heavy (non-hydrogen) atoms. The van der Waals surface area contributed by atoms with E-state index in [1.807, 2.05) is 18.2 Å². The van der Waals surface area contributed by atoms with Gasteiger partial charge in [-0.1, -0.05) is 6.07 Å². The topological polar surface area (TPSA) is 50.9 Å². The van der Waals surface area contributed by atoms with Crippen LogP contribution < -0.4 is 10.5 Å². The summed E-state index contributed by atoms with van der Waals surface area (Å²) in [6.07, 6.45) is 3.73. The molecule has 2 rings (SSSR count). The summed E-state index contributed by atoms with van der Waals surface area (Å²) in [5, 5.41) is 0. The van der Waals surface area contributed by atoms with E-state index in [1.165, 1.54) is 19.3 Å². The summed E-state index contributed by atoms with van der Waals surface area (Å²) in [4.78, 5) is 6.64. The Morgan fingerprint density at radius 1 is 1.37 bits per heavy atom. The molecule has 1 saturated heterocycles. The molecular formula is C14H20BrN3O. The number of aliphatic imine (C=N–C) groups is 1. The highest BCUT2D eigenvalue weighted by atomic mass is 79.9. The van der Waals surface area contributed by atoms with Crippen LogP contribution in [0.3, 0.4) is 0 Å². The predicted molar refractivity (Wildman–Crippen MR) is 81.4 cm³/mol. The van der Waals surface area contributed by atoms with Gasteiger partial charge in [-0.25, -0.2) is 4.99 Å². The summed E-state index contributed by atoms with van der Waals surface area (Å²) in [6.45, 7) is 2.66. The van der Waals surface area contributed by atoms with Crippen molar-refractivity contribution in [1.82, 2.24) is 4.90 Å². The van der Waals surface area contributed by atoms with E-state index in [2.05, 4.69) is 25.8 Å². The number of halogens is 1. The number of ether oxygens (including phenoxy) is 1. The first-order chi connectivity index (χ1) is 9.20. The van der Waals surface area contributed by atoms with Crippen LogP contribution in [-0.4, -0.2) is 31.1 Å². The van der Waals surface area contributed by atoms with Crippen LogP contribution in [0.25, 0.3) is 0 Å². The Labute approximate surface area is 122 Å². The number of hydrogen-bond donors (Lipinski definition) is 1. The first kappa shape index (κ1) is 14.2. The normalized spacial score (nSPS) is 16.5. The lowest BCUT2D eigenvalue weighted by Gasteiger charge is -2.27. The molecule has 1 aromatic carbocycles. The van der Waals surface area contributed by atoms with Crippen molar-refractivity contribution in [1.29, 1.82) is 0 Å². The van der Waals surface area contributed by atoms with E-state index in [0.717, 1.165) is 28.9 Å². The van der Waals surface area contributed by atoms with Gasteiger partial charge in [0.05, 0.1) is 18.1 Å². The van der Waals surface area contributed by atoms with Gasteiger partial charge in [0.2, 0.25) is 0 Å². The molecule has 0 radical (unpaired) electrons. The minimum absolute atomic E-state index is 0.602. The molecule has 104 valence electrons. The van der Waals surface area contributed by atoms with Crippen molar-refractivity contribution in [2.75, 3.05) is 20.2 Å². The van der Waals surface area contributed by atoms with Gasteiger partial charge in [0.15, 0.2) is 5.96 Å². The highest BCUT2D eigenvalue weighted by Crippen LogP contribution is 2.25. The van der Waals surface area contributed by atoms with Crippen LogP contribution in [-0.2, 0) is 6.54 Å². The molecule has 1 aliphatic rings.